The molecule has 0 unspecified atom stereocenters. The van der Waals surface area contributed by atoms with Crippen molar-refractivity contribution in [3.05, 3.63) is 0 Å². The van der Waals surface area contributed by atoms with Crippen LogP contribution in [0.2, 0.25) is 0 Å². The summed E-state index contributed by atoms with van der Waals surface area (Å²) in [5.41, 5.74) is 0.757. The van der Waals surface area contributed by atoms with Crippen LogP contribution in [0.15, 0.2) is 0 Å². The molecule has 0 radical (unpaired) electrons. The van der Waals surface area contributed by atoms with E-state index in [1.165, 1.54) is 58.3 Å². The maximum atomic E-state index is 2.76. The van der Waals surface area contributed by atoms with Gasteiger partial charge in [-0.2, -0.15) is 0 Å². The van der Waals surface area contributed by atoms with Crippen molar-refractivity contribution in [1.29, 1.82) is 0 Å². The largest absolute Gasteiger partial charge is 0.301 e. The Morgan fingerprint density at radius 1 is 1.11 bits per heavy atom. The molecule has 2 heteroatoms. The molecule has 104 valence electrons. The van der Waals surface area contributed by atoms with Crippen molar-refractivity contribution in [2.24, 2.45) is 11.3 Å². The summed E-state index contributed by atoms with van der Waals surface area (Å²) < 4.78 is 0. The van der Waals surface area contributed by atoms with E-state index in [1.807, 2.05) is 0 Å². The molecule has 0 aromatic rings. The molecule has 0 aromatic carbocycles. The van der Waals surface area contributed by atoms with Gasteiger partial charge in [0.2, 0.25) is 0 Å². The summed E-state index contributed by atoms with van der Waals surface area (Å²) in [7, 11) is 0. The van der Waals surface area contributed by atoms with Crippen molar-refractivity contribution in [2.75, 3.05) is 26.2 Å². The SMILES string of the molecule is CCC1CN(C2CC3(CCN(C(C)C)CC3)C2)C1. The van der Waals surface area contributed by atoms with Crippen molar-refractivity contribution >= 4 is 0 Å². The zero-order valence-corrected chi connectivity index (χ0v) is 12.5. The fraction of sp³-hybridized carbons (Fsp3) is 1.00. The first-order chi connectivity index (χ1) is 8.62. The molecule has 1 aliphatic carbocycles. The van der Waals surface area contributed by atoms with Crippen LogP contribution >= 0.6 is 0 Å². The van der Waals surface area contributed by atoms with Gasteiger partial charge in [-0.1, -0.05) is 13.3 Å². The molecule has 0 atom stereocenters. The van der Waals surface area contributed by atoms with Crippen LogP contribution in [-0.2, 0) is 0 Å². The number of likely N-dealkylation sites (tertiary alicyclic amines) is 2. The minimum atomic E-state index is 0.749. The van der Waals surface area contributed by atoms with E-state index in [4.69, 9.17) is 0 Å². The molecule has 0 N–H and O–H groups in total. The Morgan fingerprint density at radius 2 is 1.72 bits per heavy atom. The molecule has 0 bridgehead atoms. The molecule has 2 aliphatic heterocycles. The number of rotatable bonds is 3. The van der Waals surface area contributed by atoms with Gasteiger partial charge >= 0.3 is 0 Å². The summed E-state index contributed by atoms with van der Waals surface area (Å²) in [5, 5.41) is 0. The molecule has 18 heavy (non-hydrogen) atoms. The third-order valence-corrected chi connectivity index (χ3v) is 6.01. The van der Waals surface area contributed by atoms with E-state index in [0.717, 1.165) is 23.4 Å². The Hall–Kier alpha value is -0.0800. The molecule has 1 spiro atoms. The Morgan fingerprint density at radius 3 is 2.22 bits per heavy atom. The molecule has 3 rings (SSSR count). The van der Waals surface area contributed by atoms with Crippen molar-refractivity contribution in [3.63, 3.8) is 0 Å². The van der Waals surface area contributed by atoms with Gasteiger partial charge in [-0.15, -0.1) is 0 Å². The lowest BCUT2D eigenvalue weighted by Crippen LogP contribution is -2.61. The average molecular weight is 250 g/mol. The highest BCUT2D eigenvalue weighted by Crippen LogP contribution is 2.52. The topological polar surface area (TPSA) is 6.48 Å². The second-order valence-electron chi connectivity index (χ2n) is 7.42. The van der Waals surface area contributed by atoms with E-state index in [2.05, 4.69) is 30.6 Å². The van der Waals surface area contributed by atoms with E-state index >= 15 is 0 Å². The maximum Gasteiger partial charge on any atom is 0.0106 e. The van der Waals surface area contributed by atoms with E-state index in [1.54, 1.807) is 0 Å². The van der Waals surface area contributed by atoms with Crippen molar-refractivity contribution < 1.29 is 0 Å². The highest BCUT2D eigenvalue weighted by atomic mass is 15.2. The zero-order valence-electron chi connectivity index (χ0n) is 12.5. The Balaban J connectivity index is 1.42. The normalized spacial score (nSPS) is 30.7. The monoisotopic (exact) mass is 250 g/mol. The lowest BCUT2D eigenvalue weighted by molar-refractivity contribution is -0.0826. The van der Waals surface area contributed by atoms with Crippen LogP contribution in [0, 0.1) is 11.3 Å². The first kappa shape index (κ1) is 12.9. The van der Waals surface area contributed by atoms with Crippen molar-refractivity contribution in [2.45, 2.75) is 65.0 Å². The standard InChI is InChI=1S/C16H30N2/c1-4-14-11-18(12-14)15-9-16(10-15)5-7-17(8-6-16)13(2)3/h13-15H,4-12H2,1-3H3. The fourth-order valence-corrected chi connectivity index (χ4v) is 4.29. The average Bonchev–Trinajstić information content (AvgIpc) is 2.26. The second-order valence-corrected chi connectivity index (χ2v) is 7.42. The van der Waals surface area contributed by atoms with Crippen molar-refractivity contribution in [1.82, 2.24) is 9.80 Å². The first-order valence-electron chi connectivity index (χ1n) is 8.10. The van der Waals surface area contributed by atoms with Gasteiger partial charge in [0.25, 0.3) is 0 Å². The molecule has 0 amide bonds. The number of nitrogens with zero attached hydrogens (tertiary/aromatic N) is 2. The van der Waals surface area contributed by atoms with Gasteiger partial charge in [0, 0.05) is 25.2 Å². The van der Waals surface area contributed by atoms with Crippen LogP contribution in [0.4, 0.5) is 0 Å². The van der Waals surface area contributed by atoms with Gasteiger partial charge in [0.1, 0.15) is 0 Å². The quantitative estimate of drug-likeness (QED) is 0.760. The van der Waals surface area contributed by atoms with Crippen LogP contribution < -0.4 is 0 Å². The molecule has 0 aromatic heterocycles. The van der Waals surface area contributed by atoms with Gasteiger partial charge in [-0.3, -0.25) is 4.90 Å². The van der Waals surface area contributed by atoms with Crippen molar-refractivity contribution in [3.8, 4) is 0 Å². The Labute approximate surface area is 113 Å². The van der Waals surface area contributed by atoms with Crippen LogP contribution in [0.25, 0.3) is 0 Å². The predicted molar refractivity (Wildman–Crippen MR) is 76.8 cm³/mol. The molecular weight excluding hydrogens is 220 g/mol. The molecule has 2 heterocycles. The lowest BCUT2D eigenvalue weighted by Gasteiger charge is -2.58. The molecule has 2 saturated heterocycles. The summed E-state index contributed by atoms with van der Waals surface area (Å²) in [6, 6.07) is 1.71. The summed E-state index contributed by atoms with van der Waals surface area (Å²) in [5.74, 6) is 1.02. The van der Waals surface area contributed by atoms with Gasteiger partial charge in [-0.25, -0.2) is 0 Å². The highest BCUT2D eigenvalue weighted by Gasteiger charge is 2.49. The number of piperidine rings is 1. The van der Waals surface area contributed by atoms with E-state index in [9.17, 15) is 0 Å². The van der Waals surface area contributed by atoms with Gasteiger partial charge in [-0.05, 0) is 64.0 Å². The third kappa shape index (κ3) is 2.22. The zero-order chi connectivity index (χ0) is 12.8. The molecule has 1 saturated carbocycles. The van der Waals surface area contributed by atoms with Crippen LogP contribution in [-0.4, -0.2) is 48.1 Å². The van der Waals surface area contributed by atoms with Crippen LogP contribution in [0.5, 0.6) is 0 Å². The Bertz CT molecular complexity index is 277. The number of hydrogen-bond donors (Lipinski definition) is 0. The third-order valence-electron chi connectivity index (χ3n) is 6.01. The highest BCUT2D eigenvalue weighted by molar-refractivity contribution is 5.03. The van der Waals surface area contributed by atoms with Gasteiger partial charge in [0.05, 0.1) is 0 Å². The summed E-state index contributed by atoms with van der Waals surface area (Å²) in [4.78, 5) is 5.42. The fourth-order valence-electron chi connectivity index (χ4n) is 4.29. The second kappa shape index (κ2) is 4.79. The Kier molecular flexibility index (Phi) is 3.44. The smallest absolute Gasteiger partial charge is 0.0106 e. The van der Waals surface area contributed by atoms with Gasteiger partial charge < -0.3 is 4.90 Å². The van der Waals surface area contributed by atoms with E-state index in [-0.39, 0.29) is 0 Å². The lowest BCUT2D eigenvalue weighted by atomic mass is 9.59. The molecule has 3 aliphatic rings. The van der Waals surface area contributed by atoms with Crippen LogP contribution in [0.3, 0.4) is 0 Å². The molecular formula is C16H30N2. The van der Waals surface area contributed by atoms with Gasteiger partial charge in [0.15, 0.2) is 0 Å². The summed E-state index contributed by atoms with van der Waals surface area (Å²) in [6.45, 7) is 12.5. The minimum Gasteiger partial charge on any atom is -0.301 e. The maximum absolute atomic E-state index is 2.76. The van der Waals surface area contributed by atoms with E-state index in [0.29, 0.717) is 0 Å². The predicted octanol–water partition coefficient (Wildman–Crippen LogP) is 2.98. The summed E-state index contributed by atoms with van der Waals surface area (Å²) >= 11 is 0. The van der Waals surface area contributed by atoms with Crippen LogP contribution in [0.1, 0.15) is 52.9 Å². The summed E-state index contributed by atoms with van der Waals surface area (Å²) in [6.07, 6.45) is 7.34. The molecule has 3 fully saturated rings. The molecule has 2 nitrogen and oxygen atoms in total. The first-order valence-corrected chi connectivity index (χ1v) is 8.10. The van der Waals surface area contributed by atoms with E-state index < -0.39 is 0 Å². The number of hydrogen-bond acceptors (Lipinski definition) is 2. The minimum absolute atomic E-state index is 0.749.